The monoisotopic (exact) mass is 630 g/mol. The lowest BCUT2D eigenvalue weighted by molar-refractivity contribution is -0.139. The van der Waals surface area contributed by atoms with Crippen molar-refractivity contribution in [2.45, 2.75) is 0 Å². The first-order chi connectivity index (χ1) is 21.7. The van der Waals surface area contributed by atoms with E-state index < -0.39 is 11.8 Å². The van der Waals surface area contributed by atoms with Crippen molar-refractivity contribution in [3.63, 3.8) is 0 Å². The van der Waals surface area contributed by atoms with Crippen LogP contribution >= 0.6 is 22.7 Å². The zero-order valence-corrected chi connectivity index (χ0v) is 25.4. The average molecular weight is 631 g/mol. The number of morpholine rings is 2. The quantitative estimate of drug-likeness (QED) is 0.172. The molecule has 2 aliphatic rings. The molecule has 0 unspecified atom stereocenters. The van der Waals surface area contributed by atoms with Gasteiger partial charge in [0.05, 0.1) is 60.0 Å². The van der Waals surface area contributed by atoms with Crippen LogP contribution in [-0.2, 0) is 19.1 Å². The van der Waals surface area contributed by atoms with Gasteiger partial charge in [-0.3, -0.25) is 9.59 Å². The second kappa shape index (κ2) is 14.3. The van der Waals surface area contributed by atoms with Crippen LogP contribution in [0.4, 0.5) is 10.3 Å². The molecule has 2 aromatic heterocycles. The number of hydrazone groups is 2. The van der Waals surface area contributed by atoms with Gasteiger partial charge >= 0.3 is 11.8 Å². The minimum Gasteiger partial charge on any atom is -0.378 e. The lowest BCUT2D eigenvalue weighted by Gasteiger charge is -2.26. The molecule has 2 aromatic carbocycles. The lowest BCUT2D eigenvalue weighted by atomic mass is 10.1. The maximum Gasteiger partial charge on any atom is 0.331 e. The topological polar surface area (TPSA) is 134 Å². The number of hydrogen-bond donors (Lipinski definition) is 2. The summed E-state index contributed by atoms with van der Waals surface area (Å²) in [7, 11) is 0. The molecule has 2 aliphatic heterocycles. The number of benzene rings is 2. The van der Waals surface area contributed by atoms with Crippen LogP contribution in [-0.4, -0.2) is 86.8 Å². The van der Waals surface area contributed by atoms with E-state index in [1.54, 1.807) is 0 Å². The summed E-state index contributed by atoms with van der Waals surface area (Å²) in [4.78, 5) is 40.5. The first kappa shape index (κ1) is 29.6. The van der Waals surface area contributed by atoms with E-state index in [1.165, 1.54) is 35.1 Å². The van der Waals surface area contributed by atoms with Crippen molar-refractivity contribution in [1.29, 1.82) is 0 Å². The van der Waals surface area contributed by atoms with Gasteiger partial charge in [-0.05, 0) is 0 Å². The molecule has 0 saturated carbocycles. The SMILES string of the molecule is O=C(N/N=C/c1sc(N2CCOCC2)nc1-c1ccccc1)C(=O)N/N=C/c1sc(N2CCOCC2)nc1-c1ccccc1. The number of nitrogens with zero attached hydrogens (tertiary/aromatic N) is 6. The van der Waals surface area contributed by atoms with Gasteiger partial charge in [-0.15, -0.1) is 0 Å². The van der Waals surface area contributed by atoms with Crippen LogP contribution in [0.5, 0.6) is 0 Å². The van der Waals surface area contributed by atoms with Crippen LogP contribution in [0.2, 0.25) is 0 Å². The van der Waals surface area contributed by atoms with Gasteiger partial charge in [0.2, 0.25) is 0 Å². The Morgan fingerprint density at radius 1 is 0.659 bits per heavy atom. The fourth-order valence-corrected chi connectivity index (χ4v) is 6.62. The number of amides is 2. The number of hydrogen-bond acceptors (Lipinski definition) is 12. The van der Waals surface area contributed by atoms with Gasteiger partial charge in [-0.1, -0.05) is 83.3 Å². The van der Waals surface area contributed by atoms with Crippen molar-refractivity contribution in [1.82, 2.24) is 20.8 Å². The molecule has 2 saturated heterocycles. The second-order valence-electron chi connectivity index (χ2n) is 9.75. The molecule has 0 radical (unpaired) electrons. The Hall–Kier alpha value is -4.50. The summed E-state index contributed by atoms with van der Waals surface area (Å²) >= 11 is 2.93. The molecule has 0 bridgehead atoms. The number of aromatic nitrogens is 2. The summed E-state index contributed by atoms with van der Waals surface area (Å²) in [5.41, 5.74) is 7.94. The van der Waals surface area contributed by atoms with E-state index in [2.05, 4.69) is 30.9 Å². The maximum absolute atomic E-state index is 12.5. The van der Waals surface area contributed by atoms with E-state index in [-0.39, 0.29) is 0 Å². The Kier molecular flexibility index (Phi) is 9.62. The van der Waals surface area contributed by atoms with Gasteiger partial charge in [0.1, 0.15) is 0 Å². The van der Waals surface area contributed by atoms with Crippen LogP contribution in [0.3, 0.4) is 0 Å². The molecule has 2 N–H and O–H groups in total. The highest BCUT2D eigenvalue weighted by Crippen LogP contribution is 2.33. The van der Waals surface area contributed by atoms with E-state index in [0.717, 1.165) is 68.7 Å². The summed E-state index contributed by atoms with van der Waals surface area (Å²) in [6.07, 6.45) is 3.02. The molecule has 14 heteroatoms. The average Bonchev–Trinajstić information content (AvgIpc) is 3.71. The minimum absolute atomic E-state index is 0.642. The van der Waals surface area contributed by atoms with Crippen molar-refractivity contribution in [2.24, 2.45) is 10.2 Å². The van der Waals surface area contributed by atoms with Gasteiger partial charge in [-0.25, -0.2) is 20.8 Å². The molecular formula is C30H30N8O4S2. The predicted octanol–water partition coefficient (Wildman–Crippen LogP) is 3.21. The third kappa shape index (κ3) is 7.17. The smallest absolute Gasteiger partial charge is 0.331 e. The Morgan fingerprint density at radius 3 is 1.43 bits per heavy atom. The Morgan fingerprint density at radius 2 is 1.05 bits per heavy atom. The predicted molar refractivity (Wildman–Crippen MR) is 173 cm³/mol. The van der Waals surface area contributed by atoms with Gasteiger partial charge in [0.25, 0.3) is 0 Å². The van der Waals surface area contributed by atoms with Crippen LogP contribution in [0.15, 0.2) is 70.9 Å². The number of nitrogens with one attached hydrogen (secondary N) is 2. The largest absolute Gasteiger partial charge is 0.378 e. The number of ether oxygens (including phenoxy) is 2. The molecule has 0 spiro atoms. The molecular weight excluding hydrogens is 601 g/mol. The highest BCUT2D eigenvalue weighted by Gasteiger charge is 2.21. The fourth-order valence-electron chi connectivity index (χ4n) is 4.60. The first-order valence-electron chi connectivity index (χ1n) is 14.1. The molecule has 2 fully saturated rings. The number of carbonyl (C=O) groups is 2. The zero-order valence-electron chi connectivity index (χ0n) is 23.7. The Balaban J connectivity index is 1.12. The first-order valence-corrected chi connectivity index (χ1v) is 15.7. The van der Waals surface area contributed by atoms with Crippen molar-refractivity contribution in [2.75, 3.05) is 62.4 Å². The van der Waals surface area contributed by atoms with Crippen LogP contribution in [0.1, 0.15) is 9.75 Å². The third-order valence-electron chi connectivity index (χ3n) is 6.84. The second-order valence-corrected chi connectivity index (χ2v) is 11.8. The van der Waals surface area contributed by atoms with Gasteiger partial charge in [-0.2, -0.15) is 10.2 Å². The van der Waals surface area contributed by atoms with E-state index in [1.807, 2.05) is 60.7 Å². The van der Waals surface area contributed by atoms with E-state index in [0.29, 0.717) is 26.4 Å². The van der Waals surface area contributed by atoms with Crippen molar-refractivity contribution < 1.29 is 19.1 Å². The van der Waals surface area contributed by atoms with E-state index >= 15 is 0 Å². The van der Waals surface area contributed by atoms with Crippen LogP contribution in [0, 0.1) is 0 Å². The number of anilines is 2. The van der Waals surface area contributed by atoms with E-state index in [9.17, 15) is 9.59 Å². The molecule has 0 aliphatic carbocycles. The molecule has 44 heavy (non-hydrogen) atoms. The summed E-state index contributed by atoms with van der Waals surface area (Å²) in [5, 5.41) is 9.79. The molecule has 226 valence electrons. The maximum atomic E-state index is 12.5. The molecule has 4 heterocycles. The highest BCUT2D eigenvalue weighted by molar-refractivity contribution is 7.18. The molecule has 2 amide bonds. The summed E-state index contributed by atoms with van der Waals surface area (Å²) in [6.45, 7) is 5.56. The lowest BCUT2D eigenvalue weighted by Crippen LogP contribution is -2.36. The Labute approximate surface area is 262 Å². The van der Waals surface area contributed by atoms with Gasteiger partial charge in [0, 0.05) is 37.3 Å². The Bertz CT molecular complexity index is 1510. The summed E-state index contributed by atoms with van der Waals surface area (Å²) in [6, 6.07) is 19.5. The molecule has 0 atom stereocenters. The van der Waals surface area contributed by atoms with Crippen LogP contribution < -0.4 is 20.7 Å². The van der Waals surface area contributed by atoms with Crippen molar-refractivity contribution >= 4 is 57.2 Å². The molecule has 4 aromatic rings. The summed E-state index contributed by atoms with van der Waals surface area (Å²) < 4.78 is 10.9. The molecule has 6 rings (SSSR count). The van der Waals surface area contributed by atoms with Crippen LogP contribution in [0.25, 0.3) is 22.5 Å². The standard InChI is InChI=1S/C30H30N8O4S2/c39-27(35-31-19-23-25(21-7-3-1-4-8-21)33-29(43-23)37-11-15-41-16-12-37)28(40)36-32-20-24-26(22-9-5-2-6-10-22)34-30(44-24)38-13-17-42-18-14-38/h1-10,19-20H,11-18H2,(H,35,39)(H,36,40)/b31-19+,32-20+. The normalized spacial score (nSPS) is 15.6. The highest BCUT2D eigenvalue weighted by atomic mass is 32.1. The fraction of sp³-hybridized carbons (Fsp3) is 0.267. The minimum atomic E-state index is -0.945. The third-order valence-corrected chi connectivity index (χ3v) is 8.95. The number of carbonyl (C=O) groups excluding carboxylic acids is 2. The summed E-state index contributed by atoms with van der Waals surface area (Å²) in [5.74, 6) is -1.89. The van der Waals surface area contributed by atoms with Crippen molar-refractivity contribution in [3.8, 4) is 22.5 Å². The molecule has 12 nitrogen and oxygen atoms in total. The van der Waals surface area contributed by atoms with E-state index in [4.69, 9.17) is 19.4 Å². The zero-order chi connectivity index (χ0) is 30.1. The van der Waals surface area contributed by atoms with Gasteiger partial charge in [0.15, 0.2) is 10.3 Å². The van der Waals surface area contributed by atoms with Gasteiger partial charge < -0.3 is 19.3 Å². The number of rotatable bonds is 8. The van der Waals surface area contributed by atoms with Crippen molar-refractivity contribution in [3.05, 3.63) is 70.4 Å². The number of thiazole rings is 2.